The van der Waals surface area contributed by atoms with Gasteiger partial charge in [0, 0.05) is 18.1 Å². The predicted molar refractivity (Wildman–Crippen MR) is 56.2 cm³/mol. The van der Waals surface area contributed by atoms with Crippen molar-refractivity contribution >= 4 is 16.7 Å². The van der Waals surface area contributed by atoms with Gasteiger partial charge in [-0.25, -0.2) is 0 Å². The van der Waals surface area contributed by atoms with Crippen LogP contribution < -0.4 is 11.1 Å². The van der Waals surface area contributed by atoms with Gasteiger partial charge in [0.25, 0.3) is 0 Å². The molecule has 0 fully saturated rings. The molecule has 0 aromatic carbocycles. The first-order valence-electron chi connectivity index (χ1n) is 4.59. The number of alkyl halides is 3. The number of hydrogen-bond donors (Lipinski definition) is 2. The zero-order chi connectivity index (χ0) is 12.4. The van der Waals surface area contributed by atoms with Crippen LogP contribution in [0.2, 0.25) is 0 Å². The summed E-state index contributed by atoms with van der Waals surface area (Å²) >= 11 is 0.695. The zero-order valence-electron chi connectivity index (χ0n) is 8.93. The topological polar surface area (TPSA) is 63.8 Å². The van der Waals surface area contributed by atoms with Crippen molar-refractivity contribution in [1.82, 2.24) is 9.36 Å². The maximum absolute atomic E-state index is 12.2. The highest BCUT2D eigenvalue weighted by Crippen LogP contribution is 2.29. The zero-order valence-corrected chi connectivity index (χ0v) is 9.74. The van der Waals surface area contributed by atoms with E-state index in [1.807, 2.05) is 13.8 Å². The number of halogens is 3. The van der Waals surface area contributed by atoms with Gasteiger partial charge in [0.05, 0.1) is 0 Å². The van der Waals surface area contributed by atoms with E-state index in [2.05, 4.69) is 14.7 Å². The first kappa shape index (κ1) is 13.2. The van der Waals surface area contributed by atoms with Crippen molar-refractivity contribution in [3.05, 3.63) is 5.82 Å². The maximum Gasteiger partial charge on any atom is 0.452 e. The fourth-order valence-corrected chi connectivity index (χ4v) is 1.38. The lowest BCUT2D eigenvalue weighted by Gasteiger charge is -2.21. The molecule has 0 aliphatic heterocycles. The van der Waals surface area contributed by atoms with Crippen LogP contribution in [-0.2, 0) is 6.18 Å². The molecule has 0 bridgehead atoms. The molecule has 0 saturated carbocycles. The Hall–Kier alpha value is -0.890. The van der Waals surface area contributed by atoms with Gasteiger partial charge < -0.3 is 11.1 Å². The molecule has 0 aliphatic rings. The van der Waals surface area contributed by atoms with Crippen LogP contribution in [0.5, 0.6) is 0 Å². The molecule has 0 amide bonds. The largest absolute Gasteiger partial charge is 0.452 e. The van der Waals surface area contributed by atoms with Gasteiger partial charge in [-0.3, -0.25) is 0 Å². The second kappa shape index (κ2) is 4.54. The van der Waals surface area contributed by atoms with Crippen LogP contribution in [0.25, 0.3) is 0 Å². The highest BCUT2D eigenvalue weighted by Gasteiger charge is 2.36. The van der Waals surface area contributed by atoms with Crippen LogP contribution >= 0.6 is 11.5 Å². The third-order valence-electron chi connectivity index (χ3n) is 1.95. The van der Waals surface area contributed by atoms with Gasteiger partial charge in [-0.2, -0.15) is 22.5 Å². The van der Waals surface area contributed by atoms with E-state index in [9.17, 15) is 13.2 Å². The minimum absolute atomic E-state index is 0.161. The fraction of sp³-hybridized carbons (Fsp3) is 0.750. The molecule has 16 heavy (non-hydrogen) atoms. The van der Waals surface area contributed by atoms with E-state index in [0.717, 1.165) is 0 Å². The van der Waals surface area contributed by atoms with Crippen molar-refractivity contribution in [2.45, 2.75) is 20.0 Å². The quantitative estimate of drug-likeness (QED) is 0.862. The SMILES string of the molecule is CC(C)(CN)CNc1nc(C(F)(F)F)ns1. The van der Waals surface area contributed by atoms with E-state index in [-0.39, 0.29) is 10.5 Å². The Labute approximate surface area is 95.2 Å². The minimum atomic E-state index is -4.49. The van der Waals surface area contributed by atoms with Crippen molar-refractivity contribution < 1.29 is 13.2 Å². The molecule has 0 aliphatic carbocycles. The molecule has 0 spiro atoms. The van der Waals surface area contributed by atoms with Crippen LogP contribution in [0.3, 0.4) is 0 Å². The van der Waals surface area contributed by atoms with E-state index < -0.39 is 12.0 Å². The Morgan fingerprint density at radius 1 is 1.38 bits per heavy atom. The lowest BCUT2D eigenvalue weighted by atomic mass is 9.94. The van der Waals surface area contributed by atoms with Crippen molar-refractivity contribution in [3.8, 4) is 0 Å². The number of nitrogens with zero attached hydrogens (tertiary/aromatic N) is 2. The Kier molecular flexibility index (Phi) is 3.74. The molecule has 1 aromatic rings. The maximum atomic E-state index is 12.2. The van der Waals surface area contributed by atoms with Gasteiger partial charge in [0.1, 0.15) is 0 Å². The summed E-state index contributed by atoms with van der Waals surface area (Å²) < 4.78 is 39.8. The molecule has 3 N–H and O–H groups in total. The van der Waals surface area contributed by atoms with E-state index >= 15 is 0 Å². The molecule has 0 atom stereocenters. The summed E-state index contributed by atoms with van der Waals surface area (Å²) in [5.41, 5.74) is 5.30. The summed E-state index contributed by atoms with van der Waals surface area (Å²) in [7, 11) is 0. The van der Waals surface area contributed by atoms with Crippen LogP contribution in [0.4, 0.5) is 18.3 Å². The van der Waals surface area contributed by atoms with E-state index in [4.69, 9.17) is 5.73 Å². The Morgan fingerprint density at radius 3 is 2.44 bits per heavy atom. The highest BCUT2D eigenvalue weighted by molar-refractivity contribution is 7.09. The van der Waals surface area contributed by atoms with Crippen molar-refractivity contribution in [2.75, 3.05) is 18.4 Å². The third-order valence-corrected chi connectivity index (χ3v) is 2.62. The number of nitrogens with two attached hydrogens (primary N) is 1. The molecule has 92 valence electrons. The van der Waals surface area contributed by atoms with Crippen molar-refractivity contribution in [3.63, 3.8) is 0 Å². The molecule has 0 radical (unpaired) electrons. The summed E-state index contributed by atoms with van der Waals surface area (Å²) in [6.07, 6.45) is -4.49. The fourth-order valence-electron chi connectivity index (χ4n) is 0.797. The van der Waals surface area contributed by atoms with Crippen LogP contribution in [0, 0.1) is 5.41 Å². The summed E-state index contributed by atoms with van der Waals surface area (Å²) in [4.78, 5) is 3.35. The molecular formula is C8H13F3N4S. The Balaban J connectivity index is 2.60. The van der Waals surface area contributed by atoms with E-state index in [1.165, 1.54) is 0 Å². The number of anilines is 1. The summed E-state index contributed by atoms with van der Waals surface area (Å²) in [5, 5.41) is 2.95. The standard InChI is InChI=1S/C8H13F3N4S/c1-7(2,3-12)4-13-6-14-5(15-16-6)8(9,10)11/h3-4,12H2,1-2H3,(H,13,14,15). The molecule has 4 nitrogen and oxygen atoms in total. The highest BCUT2D eigenvalue weighted by atomic mass is 32.1. The average Bonchev–Trinajstić information content (AvgIpc) is 2.63. The van der Waals surface area contributed by atoms with Gasteiger partial charge in [-0.05, 0) is 12.0 Å². The van der Waals surface area contributed by atoms with Gasteiger partial charge in [0.2, 0.25) is 11.0 Å². The molecule has 1 heterocycles. The number of aromatic nitrogens is 2. The average molecular weight is 254 g/mol. The van der Waals surface area contributed by atoms with E-state index in [0.29, 0.717) is 24.6 Å². The number of rotatable bonds is 4. The molecule has 1 aromatic heterocycles. The minimum Gasteiger partial charge on any atom is -0.360 e. The third kappa shape index (κ3) is 3.60. The Morgan fingerprint density at radius 2 is 2.00 bits per heavy atom. The van der Waals surface area contributed by atoms with Crippen LogP contribution in [-0.4, -0.2) is 22.4 Å². The van der Waals surface area contributed by atoms with Gasteiger partial charge >= 0.3 is 6.18 Å². The smallest absolute Gasteiger partial charge is 0.360 e. The number of nitrogens with one attached hydrogen (secondary N) is 1. The molecule has 0 unspecified atom stereocenters. The first-order chi connectivity index (χ1) is 7.24. The van der Waals surface area contributed by atoms with Crippen molar-refractivity contribution in [1.29, 1.82) is 0 Å². The molecule has 1 rings (SSSR count). The second-order valence-electron chi connectivity index (χ2n) is 4.14. The van der Waals surface area contributed by atoms with Crippen LogP contribution in [0.1, 0.15) is 19.7 Å². The molecule has 0 saturated heterocycles. The van der Waals surface area contributed by atoms with Crippen molar-refractivity contribution in [2.24, 2.45) is 11.1 Å². The molecular weight excluding hydrogens is 241 g/mol. The first-order valence-corrected chi connectivity index (χ1v) is 5.37. The summed E-state index contributed by atoms with van der Waals surface area (Å²) in [6, 6.07) is 0. The molecule has 8 heteroatoms. The lowest BCUT2D eigenvalue weighted by molar-refractivity contribution is -0.144. The van der Waals surface area contributed by atoms with Gasteiger partial charge in [0.15, 0.2) is 0 Å². The van der Waals surface area contributed by atoms with Crippen LogP contribution in [0.15, 0.2) is 0 Å². The summed E-state index contributed by atoms with van der Waals surface area (Å²) in [5.74, 6) is -1.11. The van der Waals surface area contributed by atoms with E-state index in [1.54, 1.807) is 0 Å². The predicted octanol–water partition coefficient (Wildman–Crippen LogP) is 1.95. The second-order valence-corrected chi connectivity index (χ2v) is 4.89. The Bertz CT molecular complexity index is 347. The van der Waals surface area contributed by atoms with Gasteiger partial charge in [-0.1, -0.05) is 13.8 Å². The number of hydrogen-bond acceptors (Lipinski definition) is 5. The normalized spacial score (nSPS) is 12.9. The summed E-state index contributed by atoms with van der Waals surface area (Å²) in [6.45, 7) is 4.71. The monoisotopic (exact) mass is 254 g/mol. The van der Waals surface area contributed by atoms with Gasteiger partial charge in [-0.15, -0.1) is 0 Å². The lowest BCUT2D eigenvalue weighted by Crippen LogP contribution is -2.31.